The first kappa shape index (κ1) is 14.4. The molecule has 0 saturated heterocycles. The Bertz CT molecular complexity index is 171. The van der Waals surface area contributed by atoms with Gasteiger partial charge < -0.3 is 10.2 Å². The summed E-state index contributed by atoms with van der Waals surface area (Å²) >= 11 is 0. The van der Waals surface area contributed by atoms with Crippen molar-refractivity contribution >= 4 is 5.91 Å². The Hall–Kier alpha value is -0.570. The molecule has 1 N–H and O–H groups in total. The fraction of sp³-hybridized carbons (Fsp3) is 0.917. The highest BCUT2D eigenvalue weighted by molar-refractivity contribution is 5.76. The summed E-state index contributed by atoms with van der Waals surface area (Å²) in [7, 11) is 1.92. The van der Waals surface area contributed by atoms with Crippen LogP contribution in [0.4, 0.5) is 0 Å². The van der Waals surface area contributed by atoms with Gasteiger partial charge in [0.2, 0.25) is 5.91 Å². The molecule has 3 heteroatoms. The lowest BCUT2D eigenvalue weighted by atomic mass is 10.1. The van der Waals surface area contributed by atoms with Gasteiger partial charge in [-0.1, -0.05) is 20.3 Å². The van der Waals surface area contributed by atoms with Crippen molar-refractivity contribution in [3.63, 3.8) is 0 Å². The van der Waals surface area contributed by atoms with Gasteiger partial charge in [0.05, 0.1) is 0 Å². The van der Waals surface area contributed by atoms with Crippen molar-refractivity contribution in [3.8, 4) is 0 Å². The van der Waals surface area contributed by atoms with Gasteiger partial charge >= 0.3 is 0 Å². The molecule has 0 aromatic rings. The van der Waals surface area contributed by atoms with E-state index in [0.717, 1.165) is 32.5 Å². The highest BCUT2D eigenvalue weighted by atomic mass is 16.2. The summed E-state index contributed by atoms with van der Waals surface area (Å²) in [5.74, 6) is 0.909. The summed E-state index contributed by atoms with van der Waals surface area (Å²) in [6.45, 7) is 9.09. The zero-order valence-electron chi connectivity index (χ0n) is 10.7. The SMILES string of the molecule is CCC(C)CN(CC)C(=O)CCCNC. The summed E-state index contributed by atoms with van der Waals surface area (Å²) in [5.41, 5.74) is 0. The summed E-state index contributed by atoms with van der Waals surface area (Å²) < 4.78 is 0. The Labute approximate surface area is 94.2 Å². The van der Waals surface area contributed by atoms with Gasteiger partial charge in [0.15, 0.2) is 0 Å². The van der Waals surface area contributed by atoms with Crippen LogP contribution < -0.4 is 5.32 Å². The van der Waals surface area contributed by atoms with Crippen LogP contribution in [0.15, 0.2) is 0 Å². The third kappa shape index (κ3) is 6.50. The van der Waals surface area contributed by atoms with Crippen molar-refractivity contribution in [2.75, 3.05) is 26.7 Å². The normalized spacial score (nSPS) is 12.5. The largest absolute Gasteiger partial charge is 0.343 e. The van der Waals surface area contributed by atoms with Crippen LogP contribution >= 0.6 is 0 Å². The van der Waals surface area contributed by atoms with Crippen LogP contribution in [-0.4, -0.2) is 37.5 Å². The second-order valence-corrected chi connectivity index (χ2v) is 4.15. The zero-order chi connectivity index (χ0) is 11.7. The van der Waals surface area contributed by atoms with E-state index in [0.29, 0.717) is 18.2 Å². The molecular formula is C12H26N2O. The molecule has 3 nitrogen and oxygen atoms in total. The summed E-state index contributed by atoms with van der Waals surface area (Å²) in [6.07, 6.45) is 2.75. The number of hydrogen-bond acceptors (Lipinski definition) is 2. The van der Waals surface area contributed by atoms with E-state index in [1.807, 2.05) is 11.9 Å². The highest BCUT2D eigenvalue weighted by Gasteiger charge is 2.13. The lowest BCUT2D eigenvalue weighted by Gasteiger charge is -2.24. The maximum absolute atomic E-state index is 11.8. The average molecular weight is 214 g/mol. The first-order valence-electron chi connectivity index (χ1n) is 6.08. The molecule has 0 bridgehead atoms. The maximum atomic E-state index is 11.8. The third-order valence-corrected chi connectivity index (χ3v) is 2.78. The van der Waals surface area contributed by atoms with Crippen molar-refractivity contribution in [2.45, 2.75) is 40.0 Å². The predicted molar refractivity (Wildman–Crippen MR) is 64.9 cm³/mol. The molecule has 0 aliphatic carbocycles. The Morgan fingerprint density at radius 3 is 2.53 bits per heavy atom. The van der Waals surface area contributed by atoms with E-state index < -0.39 is 0 Å². The maximum Gasteiger partial charge on any atom is 0.222 e. The molecule has 90 valence electrons. The number of carbonyl (C=O) groups excluding carboxylic acids is 1. The molecular weight excluding hydrogens is 188 g/mol. The number of carbonyl (C=O) groups is 1. The van der Waals surface area contributed by atoms with Crippen LogP contribution in [-0.2, 0) is 4.79 Å². The minimum Gasteiger partial charge on any atom is -0.343 e. The molecule has 1 unspecified atom stereocenters. The van der Waals surface area contributed by atoms with Crippen LogP contribution in [0.3, 0.4) is 0 Å². The van der Waals surface area contributed by atoms with Gasteiger partial charge in [-0.15, -0.1) is 0 Å². The van der Waals surface area contributed by atoms with E-state index in [2.05, 4.69) is 26.1 Å². The topological polar surface area (TPSA) is 32.3 Å². The quantitative estimate of drug-likeness (QED) is 0.626. The standard InChI is InChI=1S/C12H26N2O/c1-5-11(3)10-14(6-2)12(15)8-7-9-13-4/h11,13H,5-10H2,1-4H3. The van der Waals surface area contributed by atoms with Crippen LogP contribution in [0.2, 0.25) is 0 Å². The van der Waals surface area contributed by atoms with E-state index in [9.17, 15) is 4.79 Å². The van der Waals surface area contributed by atoms with E-state index in [4.69, 9.17) is 0 Å². The number of amides is 1. The molecule has 15 heavy (non-hydrogen) atoms. The predicted octanol–water partition coefficient (Wildman–Crippen LogP) is 1.88. The Morgan fingerprint density at radius 2 is 2.07 bits per heavy atom. The monoisotopic (exact) mass is 214 g/mol. The Kier molecular flexibility index (Phi) is 8.38. The molecule has 0 aliphatic heterocycles. The zero-order valence-corrected chi connectivity index (χ0v) is 10.7. The molecule has 0 radical (unpaired) electrons. The molecule has 1 amide bonds. The highest BCUT2D eigenvalue weighted by Crippen LogP contribution is 2.06. The Balaban J connectivity index is 3.88. The van der Waals surface area contributed by atoms with Crippen LogP contribution in [0, 0.1) is 5.92 Å². The number of hydrogen-bond donors (Lipinski definition) is 1. The smallest absolute Gasteiger partial charge is 0.222 e. The van der Waals surface area contributed by atoms with Crippen molar-refractivity contribution in [2.24, 2.45) is 5.92 Å². The lowest BCUT2D eigenvalue weighted by Crippen LogP contribution is -2.34. The summed E-state index contributed by atoms with van der Waals surface area (Å²) in [5, 5.41) is 3.06. The lowest BCUT2D eigenvalue weighted by molar-refractivity contribution is -0.131. The minimum absolute atomic E-state index is 0.299. The van der Waals surface area contributed by atoms with Gasteiger partial charge in [-0.05, 0) is 32.9 Å². The molecule has 0 saturated carbocycles. The molecule has 0 aliphatic rings. The Morgan fingerprint density at radius 1 is 1.40 bits per heavy atom. The van der Waals surface area contributed by atoms with E-state index in [1.165, 1.54) is 0 Å². The van der Waals surface area contributed by atoms with Crippen LogP contribution in [0.5, 0.6) is 0 Å². The molecule has 0 fully saturated rings. The van der Waals surface area contributed by atoms with Crippen LogP contribution in [0.1, 0.15) is 40.0 Å². The van der Waals surface area contributed by atoms with E-state index >= 15 is 0 Å². The van der Waals surface area contributed by atoms with Gasteiger partial charge in [-0.3, -0.25) is 4.79 Å². The molecule has 0 aromatic heterocycles. The van der Waals surface area contributed by atoms with Gasteiger partial charge in [0, 0.05) is 19.5 Å². The second kappa shape index (κ2) is 8.72. The van der Waals surface area contributed by atoms with E-state index in [1.54, 1.807) is 0 Å². The van der Waals surface area contributed by atoms with Crippen molar-refractivity contribution in [1.82, 2.24) is 10.2 Å². The number of nitrogens with zero attached hydrogens (tertiary/aromatic N) is 1. The number of rotatable bonds is 8. The van der Waals surface area contributed by atoms with Crippen LogP contribution in [0.25, 0.3) is 0 Å². The minimum atomic E-state index is 0.299. The fourth-order valence-corrected chi connectivity index (χ4v) is 1.49. The number of nitrogens with one attached hydrogen (secondary N) is 1. The molecule has 1 atom stereocenters. The van der Waals surface area contributed by atoms with Gasteiger partial charge in [-0.25, -0.2) is 0 Å². The first-order chi connectivity index (χ1) is 7.15. The van der Waals surface area contributed by atoms with Gasteiger partial charge in [0.25, 0.3) is 0 Å². The molecule has 0 heterocycles. The van der Waals surface area contributed by atoms with E-state index in [-0.39, 0.29) is 0 Å². The van der Waals surface area contributed by atoms with Gasteiger partial charge in [0.1, 0.15) is 0 Å². The molecule has 0 spiro atoms. The second-order valence-electron chi connectivity index (χ2n) is 4.15. The summed E-state index contributed by atoms with van der Waals surface area (Å²) in [6, 6.07) is 0. The van der Waals surface area contributed by atoms with Crippen molar-refractivity contribution in [3.05, 3.63) is 0 Å². The average Bonchev–Trinajstić information content (AvgIpc) is 2.25. The third-order valence-electron chi connectivity index (χ3n) is 2.78. The first-order valence-corrected chi connectivity index (χ1v) is 6.08. The van der Waals surface area contributed by atoms with Crippen molar-refractivity contribution < 1.29 is 4.79 Å². The summed E-state index contributed by atoms with van der Waals surface area (Å²) in [4.78, 5) is 13.8. The fourth-order valence-electron chi connectivity index (χ4n) is 1.49. The van der Waals surface area contributed by atoms with Gasteiger partial charge in [-0.2, -0.15) is 0 Å². The van der Waals surface area contributed by atoms with Crippen molar-refractivity contribution in [1.29, 1.82) is 0 Å². The molecule has 0 rings (SSSR count). The molecule has 0 aromatic carbocycles.